The van der Waals surface area contributed by atoms with Gasteiger partial charge in [0.2, 0.25) is 5.91 Å². The Morgan fingerprint density at radius 1 is 1.16 bits per heavy atom. The zero-order chi connectivity index (χ0) is 17.9. The van der Waals surface area contributed by atoms with Crippen LogP contribution < -0.4 is 16.0 Å². The van der Waals surface area contributed by atoms with Crippen LogP contribution in [0.1, 0.15) is 51.0 Å². The van der Waals surface area contributed by atoms with E-state index in [-0.39, 0.29) is 11.9 Å². The third-order valence-corrected chi connectivity index (χ3v) is 4.34. The molecule has 1 aromatic carbocycles. The average Bonchev–Trinajstić information content (AvgIpc) is 2.62. The average molecular weight is 347 g/mol. The van der Waals surface area contributed by atoms with Crippen LogP contribution >= 0.6 is 0 Å². The predicted octanol–water partition coefficient (Wildman–Crippen LogP) is 3.18. The summed E-state index contributed by atoms with van der Waals surface area (Å²) in [6.07, 6.45) is 6.06. The maximum absolute atomic E-state index is 12.0. The lowest BCUT2D eigenvalue weighted by Crippen LogP contribution is -2.38. The minimum atomic E-state index is -0.311. The van der Waals surface area contributed by atoms with Crippen molar-refractivity contribution in [2.45, 2.75) is 58.1 Å². The van der Waals surface area contributed by atoms with Gasteiger partial charge in [-0.3, -0.25) is 4.79 Å². The molecule has 0 spiro atoms. The Labute approximate surface area is 149 Å². The molecule has 1 aliphatic carbocycles. The molecule has 0 unspecified atom stereocenters. The quantitative estimate of drug-likeness (QED) is 0.676. The van der Waals surface area contributed by atoms with Crippen LogP contribution in [0.3, 0.4) is 0 Å². The van der Waals surface area contributed by atoms with Crippen molar-refractivity contribution in [1.29, 1.82) is 0 Å². The van der Waals surface area contributed by atoms with E-state index in [0.717, 1.165) is 24.1 Å². The molecule has 6 heteroatoms. The molecule has 2 rings (SSSR count). The summed E-state index contributed by atoms with van der Waals surface area (Å²) in [5, 5.41) is 8.59. The fraction of sp³-hybridized carbons (Fsp3) is 0.579. The molecule has 1 aromatic rings. The molecule has 0 saturated heterocycles. The molecule has 0 aliphatic heterocycles. The minimum absolute atomic E-state index is 0.00365. The number of anilines is 1. The standard InChI is InChI=1S/C19H29N3O3/c1-2-25-14-15-8-6-7-11-17(15)22-19(24)20-13-12-18(23)21-16-9-4-3-5-10-16/h6-8,11,16H,2-5,9-10,12-14H2,1H3,(H,21,23)(H2,20,22,24). The van der Waals surface area contributed by atoms with E-state index in [1.807, 2.05) is 31.2 Å². The molecular formula is C19H29N3O3. The molecule has 6 nitrogen and oxygen atoms in total. The van der Waals surface area contributed by atoms with Gasteiger partial charge in [-0.15, -0.1) is 0 Å². The van der Waals surface area contributed by atoms with Gasteiger partial charge in [0.05, 0.1) is 6.61 Å². The van der Waals surface area contributed by atoms with Gasteiger partial charge in [0.1, 0.15) is 0 Å². The number of hydrogen-bond acceptors (Lipinski definition) is 3. The van der Waals surface area contributed by atoms with Crippen LogP contribution in [-0.2, 0) is 16.1 Å². The Morgan fingerprint density at radius 2 is 1.92 bits per heavy atom. The SMILES string of the molecule is CCOCc1ccccc1NC(=O)NCCC(=O)NC1CCCCC1. The second-order valence-corrected chi connectivity index (χ2v) is 6.33. The first-order valence-corrected chi connectivity index (χ1v) is 9.19. The maximum atomic E-state index is 12.0. The van der Waals surface area contributed by atoms with Crippen molar-refractivity contribution in [2.24, 2.45) is 0 Å². The van der Waals surface area contributed by atoms with Crippen LogP contribution in [0.15, 0.2) is 24.3 Å². The van der Waals surface area contributed by atoms with Gasteiger partial charge in [-0.05, 0) is 25.8 Å². The minimum Gasteiger partial charge on any atom is -0.377 e. The molecule has 0 radical (unpaired) electrons. The van der Waals surface area contributed by atoms with Crippen LogP contribution in [0.5, 0.6) is 0 Å². The Hall–Kier alpha value is -2.08. The summed E-state index contributed by atoms with van der Waals surface area (Å²) in [5.41, 5.74) is 1.65. The molecule has 25 heavy (non-hydrogen) atoms. The van der Waals surface area contributed by atoms with Crippen molar-refractivity contribution in [3.63, 3.8) is 0 Å². The van der Waals surface area contributed by atoms with Gasteiger partial charge in [-0.2, -0.15) is 0 Å². The molecule has 3 amide bonds. The number of rotatable bonds is 8. The highest BCUT2D eigenvalue weighted by Gasteiger charge is 2.15. The molecule has 1 saturated carbocycles. The third-order valence-electron chi connectivity index (χ3n) is 4.34. The van der Waals surface area contributed by atoms with Gasteiger partial charge in [-0.25, -0.2) is 4.79 Å². The van der Waals surface area contributed by atoms with Gasteiger partial charge >= 0.3 is 6.03 Å². The van der Waals surface area contributed by atoms with Crippen molar-refractivity contribution in [3.8, 4) is 0 Å². The van der Waals surface area contributed by atoms with E-state index in [1.54, 1.807) is 0 Å². The lowest BCUT2D eigenvalue weighted by molar-refractivity contribution is -0.121. The van der Waals surface area contributed by atoms with Crippen LogP contribution in [0, 0.1) is 0 Å². The molecular weight excluding hydrogens is 318 g/mol. The van der Waals surface area contributed by atoms with Gasteiger partial charge in [0.25, 0.3) is 0 Å². The largest absolute Gasteiger partial charge is 0.377 e. The predicted molar refractivity (Wildman–Crippen MR) is 98.4 cm³/mol. The van der Waals surface area contributed by atoms with Crippen LogP contribution in [0.2, 0.25) is 0 Å². The van der Waals surface area contributed by atoms with Gasteiger partial charge in [0, 0.05) is 36.9 Å². The first-order chi connectivity index (χ1) is 12.2. The third kappa shape index (κ3) is 7.13. The molecule has 1 aliphatic rings. The number of urea groups is 1. The van der Waals surface area contributed by atoms with Crippen LogP contribution in [0.25, 0.3) is 0 Å². The zero-order valence-electron chi connectivity index (χ0n) is 15.0. The second kappa shape index (κ2) is 10.7. The van der Waals surface area contributed by atoms with E-state index in [9.17, 15) is 9.59 Å². The lowest BCUT2D eigenvalue weighted by atomic mass is 9.95. The highest BCUT2D eigenvalue weighted by atomic mass is 16.5. The first kappa shape index (κ1) is 19.2. The maximum Gasteiger partial charge on any atom is 0.319 e. The molecule has 0 atom stereocenters. The van der Waals surface area contributed by atoms with Crippen molar-refractivity contribution in [1.82, 2.24) is 10.6 Å². The Morgan fingerprint density at radius 3 is 2.68 bits per heavy atom. The van der Waals surface area contributed by atoms with Crippen molar-refractivity contribution in [3.05, 3.63) is 29.8 Å². The number of para-hydroxylation sites is 1. The van der Waals surface area contributed by atoms with Crippen molar-refractivity contribution >= 4 is 17.6 Å². The lowest BCUT2D eigenvalue weighted by Gasteiger charge is -2.22. The summed E-state index contributed by atoms with van der Waals surface area (Å²) in [5.74, 6) is 0.00365. The summed E-state index contributed by atoms with van der Waals surface area (Å²) in [7, 11) is 0. The number of carbonyl (C=O) groups excluding carboxylic acids is 2. The number of hydrogen-bond donors (Lipinski definition) is 3. The molecule has 0 heterocycles. The van der Waals surface area contributed by atoms with E-state index >= 15 is 0 Å². The Bertz CT molecular complexity index is 557. The number of nitrogens with one attached hydrogen (secondary N) is 3. The van der Waals surface area contributed by atoms with E-state index < -0.39 is 0 Å². The first-order valence-electron chi connectivity index (χ1n) is 9.19. The number of ether oxygens (including phenoxy) is 1. The number of amides is 3. The molecule has 3 N–H and O–H groups in total. The van der Waals surface area contributed by atoms with E-state index in [2.05, 4.69) is 16.0 Å². The molecule has 0 aromatic heterocycles. The summed E-state index contributed by atoms with van der Waals surface area (Å²) >= 11 is 0. The topological polar surface area (TPSA) is 79.5 Å². The van der Waals surface area contributed by atoms with Crippen molar-refractivity contribution in [2.75, 3.05) is 18.5 Å². The summed E-state index contributed by atoms with van der Waals surface area (Å²) in [6.45, 7) is 3.33. The van der Waals surface area contributed by atoms with Gasteiger partial charge in [-0.1, -0.05) is 37.5 Å². The molecule has 138 valence electrons. The highest BCUT2D eigenvalue weighted by molar-refractivity contribution is 5.90. The summed E-state index contributed by atoms with van der Waals surface area (Å²) in [4.78, 5) is 23.9. The van der Waals surface area contributed by atoms with Crippen LogP contribution in [-0.4, -0.2) is 31.1 Å². The zero-order valence-corrected chi connectivity index (χ0v) is 15.0. The molecule has 0 bridgehead atoms. The monoisotopic (exact) mass is 347 g/mol. The normalized spacial score (nSPS) is 14.8. The second-order valence-electron chi connectivity index (χ2n) is 6.33. The molecule has 1 fully saturated rings. The smallest absolute Gasteiger partial charge is 0.319 e. The number of benzene rings is 1. The highest BCUT2D eigenvalue weighted by Crippen LogP contribution is 2.17. The van der Waals surface area contributed by atoms with Gasteiger partial charge in [0.15, 0.2) is 0 Å². The summed E-state index contributed by atoms with van der Waals surface area (Å²) < 4.78 is 5.40. The van der Waals surface area contributed by atoms with E-state index in [1.165, 1.54) is 19.3 Å². The van der Waals surface area contributed by atoms with Crippen molar-refractivity contribution < 1.29 is 14.3 Å². The van der Waals surface area contributed by atoms with Gasteiger partial charge < -0.3 is 20.7 Å². The van der Waals surface area contributed by atoms with E-state index in [4.69, 9.17) is 4.74 Å². The van der Waals surface area contributed by atoms with Crippen LogP contribution in [0.4, 0.5) is 10.5 Å². The summed E-state index contributed by atoms with van der Waals surface area (Å²) in [6, 6.07) is 7.53. The fourth-order valence-electron chi connectivity index (χ4n) is 2.98. The Kier molecular flexibility index (Phi) is 8.25. The fourth-order valence-corrected chi connectivity index (χ4v) is 2.98. The Balaban J connectivity index is 1.69. The van der Waals surface area contributed by atoms with E-state index in [0.29, 0.717) is 32.2 Å². The number of carbonyl (C=O) groups is 2.